The molecule has 0 aromatic heterocycles. The maximum atomic E-state index is 11.8. The first-order valence-electron chi connectivity index (χ1n) is 8.46. The zero-order valence-electron chi connectivity index (χ0n) is 14.1. The normalized spacial score (nSPS) is 17.9. The third-order valence-corrected chi connectivity index (χ3v) is 4.24. The smallest absolute Gasteiger partial charge is 0.249 e. The van der Waals surface area contributed by atoms with Crippen LogP contribution >= 0.6 is 0 Å². The zero-order chi connectivity index (χ0) is 16.7. The van der Waals surface area contributed by atoms with E-state index in [1.807, 2.05) is 6.92 Å². The Kier molecular flexibility index (Phi) is 7.02. The number of carbonyl (C=O) groups is 1. The van der Waals surface area contributed by atoms with Crippen LogP contribution in [0.25, 0.3) is 0 Å². The number of rotatable bonds is 7. The molecule has 1 aliphatic heterocycles. The fraction of sp³-hybridized carbons (Fsp3) is 0.611. The van der Waals surface area contributed by atoms with Gasteiger partial charge in [-0.2, -0.15) is 0 Å². The van der Waals surface area contributed by atoms with E-state index in [2.05, 4.69) is 34.5 Å². The lowest BCUT2D eigenvalue weighted by atomic mass is 10.1. The SMILES string of the molecule is CCO[C@@H](C)C(=O)NCc1ccc(CN2CCC(O)CC2)cc1. The molecule has 0 bridgehead atoms. The van der Waals surface area contributed by atoms with Gasteiger partial charge in [-0.05, 0) is 37.8 Å². The highest BCUT2D eigenvalue weighted by Gasteiger charge is 2.16. The van der Waals surface area contributed by atoms with Gasteiger partial charge in [0.1, 0.15) is 6.10 Å². The molecule has 1 atom stereocenters. The second-order valence-corrected chi connectivity index (χ2v) is 6.14. The minimum absolute atomic E-state index is 0.0807. The Hall–Kier alpha value is -1.43. The van der Waals surface area contributed by atoms with Crippen molar-refractivity contribution in [3.05, 3.63) is 35.4 Å². The molecule has 0 spiro atoms. The van der Waals surface area contributed by atoms with Gasteiger partial charge in [0.05, 0.1) is 6.10 Å². The van der Waals surface area contributed by atoms with Crippen molar-refractivity contribution in [3.63, 3.8) is 0 Å². The van der Waals surface area contributed by atoms with E-state index in [-0.39, 0.29) is 12.0 Å². The van der Waals surface area contributed by atoms with Gasteiger partial charge in [0.15, 0.2) is 0 Å². The highest BCUT2D eigenvalue weighted by atomic mass is 16.5. The first-order valence-corrected chi connectivity index (χ1v) is 8.46. The molecule has 2 N–H and O–H groups in total. The summed E-state index contributed by atoms with van der Waals surface area (Å²) in [5, 5.41) is 12.4. The van der Waals surface area contributed by atoms with E-state index in [0.29, 0.717) is 13.2 Å². The van der Waals surface area contributed by atoms with Gasteiger partial charge in [-0.15, -0.1) is 0 Å². The van der Waals surface area contributed by atoms with Crippen molar-refractivity contribution in [2.45, 2.75) is 52.0 Å². The molecule has 5 nitrogen and oxygen atoms in total. The molecule has 1 aromatic rings. The largest absolute Gasteiger partial charge is 0.393 e. The number of piperidine rings is 1. The Labute approximate surface area is 138 Å². The fourth-order valence-electron chi connectivity index (χ4n) is 2.76. The summed E-state index contributed by atoms with van der Waals surface area (Å²) in [6, 6.07) is 8.33. The minimum Gasteiger partial charge on any atom is -0.393 e. The van der Waals surface area contributed by atoms with Crippen LogP contribution in [0.2, 0.25) is 0 Å². The average Bonchev–Trinajstić information content (AvgIpc) is 2.56. The average molecular weight is 320 g/mol. The Morgan fingerprint density at radius 3 is 2.52 bits per heavy atom. The first-order chi connectivity index (χ1) is 11.1. The monoisotopic (exact) mass is 320 g/mol. The molecule has 1 fully saturated rings. The lowest BCUT2D eigenvalue weighted by Gasteiger charge is -2.29. The van der Waals surface area contributed by atoms with Crippen molar-refractivity contribution in [1.82, 2.24) is 10.2 Å². The molecule has 1 amide bonds. The van der Waals surface area contributed by atoms with Gasteiger partial charge in [0.25, 0.3) is 0 Å². The van der Waals surface area contributed by atoms with Crippen LogP contribution in [0, 0.1) is 0 Å². The number of hydrogen-bond acceptors (Lipinski definition) is 4. The molecule has 5 heteroatoms. The van der Waals surface area contributed by atoms with Gasteiger partial charge in [-0.3, -0.25) is 9.69 Å². The number of ether oxygens (including phenoxy) is 1. The number of aliphatic hydroxyl groups is 1. The number of benzene rings is 1. The van der Waals surface area contributed by atoms with Crippen LogP contribution in [0.4, 0.5) is 0 Å². The molecular formula is C18H28N2O3. The van der Waals surface area contributed by atoms with Crippen LogP contribution in [0.5, 0.6) is 0 Å². The van der Waals surface area contributed by atoms with Crippen LogP contribution in [-0.2, 0) is 22.6 Å². The molecule has 1 heterocycles. The van der Waals surface area contributed by atoms with Gasteiger partial charge in [0, 0.05) is 32.8 Å². The minimum atomic E-state index is -0.409. The van der Waals surface area contributed by atoms with Gasteiger partial charge in [-0.1, -0.05) is 24.3 Å². The van der Waals surface area contributed by atoms with Crippen molar-refractivity contribution >= 4 is 5.91 Å². The first kappa shape index (κ1) is 17.9. The van der Waals surface area contributed by atoms with Gasteiger partial charge in [0.2, 0.25) is 5.91 Å². The van der Waals surface area contributed by atoms with E-state index in [1.54, 1.807) is 6.92 Å². The molecule has 1 saturated heterocycles. The fourth-order valence-corrected chi connectivity index (χ4v) is 2.76. The summed E-state index contributed by atoms with van der Waals surface area (Å²) in [6.45, 7) is 7.52. The highest BCUT2D eigenvalue weighted by molar-refractivity contribution is 5.80. The Morgan fingerprint density at radius 1 is 1.30 bits per heavy atom. The molecule has 128 valence electrons. The second kappa shape index (κ2) is 9.01. The van der Waals surface area contributed by atoms with Crippen molar-refractivity contribution < 1.29 is 14.6 Å². The van der Waals surface area contributed by atoms with Crippen molar-refractivity contribution in [3.8, 4) is 0 Å². The van der Waals surface area contributed by atoms with Crippen LogP contribution in [-0.4, -0.2) is 47.8 Å². The predicted octanol–water partition coefficient (Wildman–Crippen LogP) is 1.68. The number of nitrogens with zero attached hydrogens (tertiary/aromatic N) is 1. The number of hydrogen-bond donors (Lipinski definition) is 2. The van der Waals surface area contributed by atoms with Crippen molar-refractivity contribution in [1.29, 1.82) is 0 Å². The van der Waals surface area contributed by atoms with Crippen LogP contribution in [0.3, 0.4) is 0 Å². The summed E-state index contributed by atoms with van der Waals surface area (Å²) in [5.41, 5.74) is 2.35. The predicted molar refractivity (Wildman–Crippen MR) is 89.9 cm³/mol. The topological polar surface area (TPSA) is 61.8 Å². The number of amides is 1. The van der Waals surface area contributed by atoms with Crippen molar-refractivity contribution in [2.24, 2.45) is 0 Å². The number of nitrogens with one attached hydrogen (secondary N) is 1. The molecular weight excluding hydrogens is 292 g/mol. The molecule has 0 aliphatic carbocycles. The molecule has 0 saturated carbocycles. The molecule has 2 rings (SSSR count). The zero-order valence-corrected chi connectivity index (χ0v) is 14.1. The van der Waals surface area contributed by atoms with Crippen molar-refractivity contribution in [2.75, 3.05) is 19.7 Å². The van der Waals surface area contributed by atoms with Crippen LogP contribution in [0.15, 0.2) is 24.3 Å². The molecule has 0 unspecified atom stereocenters. The standard InChI is InChI=1S/C18H28N2O3/c1-3-23-14(2)18(22)19-12-15-4-6-16(7-5-15)13-20-10-8-17(21)9-11-20/h4-7,14,17,21H,3,8-13H2,1-2H3,(H,19,22)/t14-/m0/s1. The summed E-state index contributed by atoms with van der Waals surface area (Å²) in [7, 11) is 0. The lowest BCUT2D eigenvalue weighted by molar-refractivity contribution is -0.131. The summed E-state index contributed by atoms with van der Waals surface area (Å²) in [6.07, 6.45) is 1.19. The van der Waals surface area contributed by atoms with Gasteiger partial charge < -0.3 is 15.2 Å². The van der Waals surface area contributed by atoms with E-state index in [1.165, 1.54) is 5.56 Å². The molecule has 1 aliphatic rings. The summed E-state index contributed by atoms with van der Waals surface area (Å²) in [4.78, 5) is 14.2. The number of aliphatic hydroxyl groups excluding tert-OH is 1. The van der Waals surface area contributed by atoms with Gasteiger partial charge in [-0.25, -0.2) is 0 Å². The third kappa shape index (κ3) is 5.94. The van der Waals surface area contributed by atoms with E-state index >= 15 is 0 Å². The number of likely N-dealkylation sites (tertiary alicyclic amines) is 1. The van der Waals surface area contributed by atoms with Crippen LogP contribution in [0.1, 0.15) is 37.8 Å². The second-order valence-electron chi connectivity index (χ2n) is 6.14. The summed E-state index contributed by atoms with van der Waals surface area (Å²) >= 11 is 0. The van der Waals surface area contributed by atoms with E-state index < -0.39 is 6.10 Å². The Balaban J connectivity index is 1.77. The van der Waals surface area contributed by atoms with E-state index in [9.17, 15) is 9.90 Å². The quantitative estimate of drug-likeness (QED) is 0.802. The lowest BCUT2D eigenvalue weighted by Crippen LogP contribution is -2.35. The Morgan fingerprint density at radius 2 is 1.91 bits per heavy atom. The number of carbonyl (C=O) groups excluding carboxylic acids is 1. The van der Waals surface area contributed by atoms with Crippen LogP contribution < -0.4 is 5.32 Å². The van der Waals surface area contributed by atoms with E-state index in [4.69, 9.17) is 4.74 Å². The third-order valence-electron chi connectivity index (χ3n) is 4.24. The molecule has 23 heavy (non-hydrogen) atoms. The maximum Gasteiger partial charge on any atom is 0.249 e. The highest BCUT2D eigenvalue weighted by Crippen LogP contribution is 2.14. The molecule has 1 aromatic carbocycles. The van der Waals surface area contributed by atoms with Gasteiger partial charge >= 0.3 is 0 Å². The summed E-state index contributed by atoms with van der Waals surface area (Å²) < 4.78 is 5.27. The summed E-state index contributed by atoms with van der Waals surface area (Å²) in [5.74, 6) is -0.0807. The molecule has 0 radical (unpaired) electrons. The Bertz CT molecular complexity index is 482. The van der Waals surface area contributed by atoms with E-state index in [0.717, 1.165) is 38.0 Å². The maximum absolute atomic E-state index is 11.8.